The average molecular weight is 715 g/mol. The third kappa shape index (κ3) is 98.4. The molecule has 4 nitrogen and oxygen atoms in total. The minimum Gasteiger partial charge on any atom is -0.822 e. The first-order valence-electron chi connectivity index (χ1n) is 14.9. The minimum atomic E-state index is -5.39. The molecule has 0 saturated heterocycles. The van der Waals surface area contributed by atoms with E-state index in [2.05, 4.69) is 41.5 Å². The molecule has 0 saturated carbocycles. The molecule has 0 aliphatic heterocycles. The van der Waals surface area contributed by atoms with Gasteiger partial charge in [-0.05, 0) is 0 Å². The van der Waals surface area contributed by atoms with Crippen molar-refractivity contribution in [3.05, 3.63) is 20.8 Å². The fourth-order valence-corrected chi connectivity index (χ4v) is 3.40. The molecule has 0 aromatic carbocycles. The quantitative estimate of drug-likeness (QED) is 0.0514. The van der Waals surface area contributed by atoms with E-state index < -0.39 is 7.82 Å². The second-order valence-corrected chi connectivity index (χ2v) is 10.3. The van der Waals surface area contributed by atoms with Crippen molar-refractivity contribution >= 4 is 7.82 Å². The van der Waals surface area contributed by atoms with E-state index in [1.807, 2.05) is 0 Å². The molecule has 0 fully saturated rings. The third-order valence-electron chi connectivity index (χ3n) is 5.56. The monoisotopic (exact) mass is 710 g/mol. The molecule has 218 valence electrons. The van der Waals surface area contributed by atoms with E-state index in [1.54, 1.807) is 0 Å². The molecule has 0 atom stereocenters. The van der Waals surface area contributed by atoms with E-state index in [0.29, 0.717) is 0 Å². The van der Waals surface area contributed by atoms with Crippen molar-refractivity contribution in [2.24, 2.45) is 0 Å². The topological polar surface area (TPSA) is 86.2 Å². The number of rotatable bonds is 21. The molecule has 0 amide bonds. The Balaban J connectivity index is -0.0000000673. The zero-order chi connectivity index (χ0) is 27.5. The summed E-state index contributed by atoms with van der Waals surface area (Å²) < 4.78 is 8.55. The van der Waals surface area contributed by atoms with Crippen LogP contribution in [0.2, 0.25) is 0 Å². The normalized spacial score (nSPS) is 9.61. The summed E-state index contributed by atoms with van der Waals surface area (Å²) >= 11 is 0. The van der Waals surface area contributed by atoms with E-state index in [9.17, 15) is 0 Å². The maximum Gasteiger partial charge on any atom is 2.00 e. The molecule has 0 bridgehead atoms. The zero-order valence-corrected chi connectivity index (χ0v) is 36.1. The average Bonchev–Trinajstić information content (AvgIpc) is 2.81. The summed E-state index contributed by atoms with van der Waals surface area (Å²) in [5, 5.41) is 0. The van der Waals surface area contributed by atoms with Crippen molar-refractivity contribution in [1.82, 2.24) is 0 Å². The maximum absolute atomic E-state index is 8.55. The molecule has 38 heavy (non-hydrogen) atoms. The second kappa shape index (κ2) is 55.0. The van der Waals surface area contributed by atoms with E-state index in [4.69, 9.17) is 19.2 Å². The number of hydrogen-bond donors (Lipinski definition) is 0. The minimum absolute atomic E-state index is 0. The molecule has 0 radical (unpaired) electrons. The SMILES string of the molecule is O=P([O-])([O-])[O-].[CH2-]CCCCCCCCC.[CH2-]CCCCCCCCC.[CH2-]CCCCCCCCC.[Zn+2].[Zn+2].[Zn+2]. The summed E-state index contributed by atoms with van der Waals surface area (Å²) in [7, 11) is -5.39. The van der Waals surface area contributed by atoms with Gasteiger partial charge in [-0.25, -0.2) is 0 Å². The fraction of sp³-hybridized carbons (Fsp3) is 0.900. The Bertz CT molecular complexity index is 303. The van der Waals surface area contributed by atoms with Gasteiger partial charge in [0.1, 0.15) is 0 Å². The van der Waals surface area contributed by atoms with Crippen LogP contribution in [0.5, 0.6) is 0 Å². The first-order chi connectivity index (χ1) is 16.7. The number of phosphoric acid groups is 1. The van der Waals surface area contributed by atoms with Crippen LogP contribution in [-0.4, -0.2) is 0 Å². The van der Waals surface area contributed by atoms with Gasteiger partial charge in [-0.15, -0.1) is 0 Å². The van der Waals surface area contributed by atoms with Crippen LogP contribution in [0, 0.1) is 20.8 Å². The Morgan fingerprint density at radius 1 is 0.395 bits per heavy atom. The van der Waals surface area contributed by atoms with Crippen LogP contribution < -0.4 is 14.7 Å². The molecule has 0 aliphatic rings. The molecule has 0 aromatic heterocycles. The van der Waals surface area contributed by atoms with Gasteiger partial charge in [0.25, 0.3) is 0 Å². The fourth-order valence-electron chi connectivity index (χ4n) is 3.40. The van der Waals surface area contributed by atoms with Crippen molar-refractivity contribution in [3.63, 3.8) is 0 Å². The molecule has 0 N–H and O–H groups in total. The molecular formula is C30H63O4PZn3. The standard InChI is InChI=1S/3C10H21.H3O4P.3Zn/c3*1-3-5-7-9-10-8-6-4-2;1-5(2,3)4;;;/h3*1,3-10H2,2H3;(H3,1,2,3,4);;;/q3*-1;;3*+2/p-3. The van der Waals surface area contributed by atoms with Gasteiger partial charge in [0.2, 0.25) is 0 Å². The van der Waals surface area contributed by atoms with Crippen LogP contribution in [0.3, 0.4) is 0 Å². The van der Waals surface area contributed by atoms with Gasteiger partial charge in [0, 0.05) is 0 Å². The Hall–Kier alpha value is 1.98. The van der Waals surface area contributed by atoms with Gasteiger partial charge in [0.15, 0.2) is 0 Å². The van der Waals surface area contributed by atoms with E-state index >= 15 is 0 Å². The van der Waals surface area contributed by atoms with Crippen molar-refractivity contribution in [1.29, 1.82) is 0 Å². The predicted molar refractivity (Wildman–Crippen MR) is 152 cm³/mol. The van der Waals surface area contributed by atoms with Gasteiger partial charge in [-0.2, -0.15) is 27.1 Å². The molecule has 0 spiro atoms. The summed E-state index contributed by atoms with van der Waals surface area (Å²) in [6.45, 7) is 18.2. The number of unbranched alkanes of at least 4 members (excludes halogenated alkanes) is 21. The largest absolute Gasteiger partial charge is 2.00 e. The summed E-state index contributed by atoms with van der Waals surface area (Å²) in [5.41, 5.74) is 0. The molecule has 0 rings (SSSR count). The van der Waals surface area contributed by atoms with Crippen molar-refractivity contribution < 1.29 is 77.7 Å². The Morgan fingerprint density at radius 3 is 0.658 bits per heavy atom. The zero-order valence-electron chi connectivity index (χ0n) is 26.3. The van der Waals surface area contributed by atoms with Gasteiger partial charge in [-0.1, -0.05) is 156 Å². The third-order valence-corrected chi connectivity index (χ3v) is 5.56. The van der Waals surface area contributed by atoms with Gasteiger partial charge < -0.3 is 40.0 Å². The van der Waals surface area contributed by atoms with Crippen LogP contribution in [-0.2, 0) is 63.0 Å². The Morgan fingerprint density at radius 2 is 0.526 bits per heavy atom. The molecule has 0 heterocycles. The predicted octanol–water partition coefficient (Wildman–Crippen LogP) is 9.05. The summed E-state index contributed by atoms with van der Waals surface area (Å²) in [4.78, 5) is 25.6. The van der Waals surface area contributed by atoms with Crippen molar-refractivity contribution in [2.45, 2.75) is 175 Å². The Labute approximate surface area is 279 Å². The first-order valence-corrected chi connectivity index (χ1v) is 16.3. The van der Waals surface area contributed by atoms with E-state index in [1.165, 1.54) is 135 Å². The van der Waals surface area contributed by atoms with Crippen molar-refractivity contribution in [3.8, 4) is 0 Å². The maximum atomic E-state index is 8.55. The summed E-state index contributed by atoms with van der Waals surface area (Å²) in [6, 6.07) is 0. The van der Waals surface area contributed by atoms with E-state index in [0.717, 1.165) is 19.3 Å². The molecule has 8 heteroatoms. The van der Waals surface area contributed by atoms with Gasteiger partial charge in [-0.3, -0.25) is 0 Å². The Kier molecular flexibility index (Phi) is 80.8. The molecular weight excluding hydrogens is 651 g/mol. The van der Waals surface area contributed by atoms with Gasteiger partial charge in [0.05, 0.1) is 0 Å². The number of hydrogen-bond acceptors (Lipinski definition) is 4. The van der Waals surface area contributed by atoms with Crippen LogP contribution >= 0.6 is 7.82 Å². The molecule has 0 unspecified atom stereocenters. The molecule has 0 aliphatic carbocycles. The van der Waals surface area contributed by atoms with Gasteiger partial charge >= 0.3 is 58.4 Å². The van der Waals surface area contributed by atoms with Crippen molar-refractivity contribution in [2.75, 3.05) is 0 Å². The van der Waals surface area contributed by atoms with Crippen LogP contribution in [0.15, 0.2) is 0 Å². The summed E-state index contributed by atoms with van der Waals surface area (Å²) in [5.74, 6) is 0. The van der Waals surface area contributed by atoms with Crippen LogP contribution in [0.25, 0.3) is 0 Å². The summed E-state index contributed by atoms with van der Waals surface area (Å²) in [6.07, 6.45) is 32.8. The second-order valence-electron chi connectivity index (χ2n) is 9.37. The first kappa shape index (κ1) is 55.9. The molecule has 0 aromatic rings. The van der Waals surface area contributed by atoms with E-state index in [-0.39, 0.29) is 58.4 Å². The van der Waals surface area contributed by atoms with Crippen LogP contribution in [0.4, 0.5) is 0 Å². The smallest absolute Gasteiger partial charge is 0.822 e. The van der Waals surface area contributed by atoms with Crippen LogP contribution in [0.1, 0.15) is 175 Å².